The molecule has 0 spiro atoms. The maximum absolute atomic E-state index is 12.4. The first-order valence-electron chi connectivity index (χ1n) is 7.46. The van der Waals surface area contributed by atoms with Crippen molar-refractivity contribution in [3.8, 4) is 5.88 Å². The highest BCUT2D eigenvalue weighted by Crippen LogP contribution is 2.32. The summed E-state index contributed by atoms with van der Waals surface area (Å²) >= 11 is 1.60. The molecule has 8 heteroatoms. The third-order valence-corrected chi connectivity index (χ3v) is 4.67. The van der Waals surface area contributed by atoms with E-state index in [2.05, 4.69) is 25.8 Å². The predicted octanol–water partition coefficient (Wildman–Crippen LogP) is 2.86. The summed E-state index contributed by atoms with van der Waals surface area (Å²) in [5.41, 5.74) is 6.99. The summed E-state index contributed by atoms with van der Waals surface area (Å²) in [5.74, 6) is 0.523. The molecule has 0 radical (unpaired) electrons. The first kappa shape index (κ1) is 16.1. The number of pyridine rings is 1. The van der Waals surface area contributed by atoms with Gasteiger partial charge >= 0.3 is 0 Å². The number of thiophene rings is 1. The van der Waals surface area contributed by atoms with Gasteiger partial charge in [-0.25, -0.2) is 15.0 Å². The van der Waals surface area contributed by atoms with Crippen LogP contribution < -0.4 is 15.6 Å². The van der Waals surface area contributed by atoms with Crippen LogP contribution in [0.1, 0.15) is 27.7 Å². The second-order valence-corrected chi connectivity index (χ2v) is 6.26. The normalized spacial score (nSPS) is 10.6. The lowest BCUT2D eigenvalue weighted by molar-refractivity contribution is 0.0958. The maximum atomic E-state index is 12.4. The van der Waals surface area contributed by atoms with Gasteiger partial charge < -0.3 is 4.74 Å². The van der Waals surface area contributed by atoms with E-state index in [0.717, 1.165) is 15.8 Å². The summed E-state index contributed by atoms with van der Waals surface area (Å²) in [5, 5.41) is 0.913. The van der Waals surface area contributed by atoms with Crippen molar-refractivity contribution in [1.82, 2.24) is 20.4 Å². The number of hydrogen-bond acceptors (Lipinski definition) is 7. The monoisotopic (exact) mass is 343 g/mol. The van der Waals surface area contributed by atoms with Gasteiger partial charge in [0.15, 0.2) is 5.82 Å². The Morgan fingerprint density at radius 2 is 2.12 bits per heavy atom. The third kappa shape index (κ3) is 3.00. The van der Waals surface area contributed by atoms with E-state index in [1.807, 2.05) is 20.8 Å². The second kappa shape index (κ2) is 6.79. The highest BCUT2D eigenvalue weighted by Gasteiger charge is 2.15. The van der Waals surface area contributed by atoms with Crippen molar-refractivity contribution < 1.29 is 9.53 Å². The molecule has 0 fully saturated rings. The SMILES string of the molecule is CCOc1ncccc1C(=O)NNc1ncnc2sc(C)c(C)c12. The molecule has 0 saturated heterocycles. The summed E-state index contributed by atoms with van der Waals surface area (Å²) in [6.45, 7) is 6.32. The van der Waals surface area contributed by atoms with Gasteiger partial charge in [0.1, 0.15) is 16.7 Å². The van der Waals surface area contributed by atoms with Gasteiger partial charge in [-0.2, -0.15) is 0 Å². The second-order valence-electron chi connectivity index (χ2n) is 5.05. The zero-order valence-corrected chi connectivity index (χ0v) is 14.4. The van der Waals surface area contributed by atoms with Gasteiger partial charge in [-0.1, -0.05) is 0 Å². The fourth-order valence-electron chi connectivity index (χ4n) is 2.28. The van der Waals surface area contributed by atoms with Gasteiger partial charge in [0.2, 0.25) is 5.88 Å². The third-order valence-electron chi connectivity index (χ3n) is 3.56. The van der Waals surface area contributed by atoms with Crippen molar-refractivity contribution in [2.45, 2.75) is 20.8 Å². The maximum Gasteiger partial charge on any atom is 0.275 e. The van der Waals surface area contributed by atoms with Crippen molar-refractivity contribution in [2.24, 2.45) is 0 Å². The number of aromatic nitrogens is 3. The standard InChI is InChI=1S/C16H17N5O2S/c1-4-23-15-11(6-5-7-17-15)14(22)21-20-13-12-9(2)10(3)24-16(12)19-8-18-13/h5-8H,4H2,1-3H3,(H,21,22)(H,18,19,20). The molecule has 0 aliphatic carbocycles. The Morgan fingerprint density at radius 1 is 1.29 bits per heavy atom. The van der Waals surface area contributed by atoms with Crippen molar-refractivity contribution in [3.05, 3.63) is 40.7 Å². The van der Waals surface area contributed by atoms with Gasteiger partial charge in [-0.05, 0) is 38.5 Å². The Balaban J connectivity index is 1.83. The number of carbonyl (C=O) groups is 1. The number of hydrazine groups is 1. The van der Waals surface area contributed by atoms with Gasteiger partial charge in [-0.15, -0.1) is 11.3 Å². The molecule has 0 atom stereocenters. The Hall–Kier alpha value is -2.74. The molecule has 3 heterocycles. The van der Waals surface area contributed by atoms with Crippen LogP contribution in [0, 0.1) is 13.8 Å². The Bertz CT molecular complexity index is 893. The average Bonchev–Trinajstić information content (AvgIpc) is 2.88. The van der Waals surface area contributed by atoms with Crippen LogP contribution in [-0.4, -0.2) is 27.5 Å². The predicted molar refractivity (Wildman–Crippen MR) is 93.4 cm³/mol. The lowest BCUT2D eigenvalue weighted by Gasteiger charge is -2.11. The van der Waals surface area contributed by atoms with Crippen LogP contribution in [0.3, 0.4) is 0 Å². The first-order valence-corrected chi connectivity index (χ1v) is 8.28. The number of anilines is 1. The summed E-state index contributed by atoms with van der Waals surface area (Å²) in [6.07, 6.45) is 3.06. The number of fused-ring (bicyclic) bond motifs is 1. The van der Waals surface area contributed by atoms with Crippen LogP contribution in [0.2, 0.25) is 0 Å². The van der Waals surface area contributed by atoms with Gasteiger partial charge in [0, 0.05) is 11.1 Å². The van der Waals surface area contributed by atoms with Crippen LogP contribution in [0.25, 0.3) is 10.2 Å². The molecule has 0 unspecified atom stereocenters. The van der Waals surface area contributed by atoms with E-state index in [1.54, 1.807) is 29.7 Å². The largest absolute Gasteiger partial charge is 0.477 e. The lowest BCUT2D eigenvalue weighted by atomic mass is 10.2. The van der Waals surface area contributed by atoms with Crippen LogP contribution in [0.15, 0.2) is 24.7 Å². The summed E-state index contributed by atoms with van der Waals surface area (Å²) in [4.78, 5) is 27.0. The van der Waals surface area contributed by atoms with Gasteiger partial charge in [0.25, 0.3) is 5.91 Å². The van der Waals surface area contributed by atoms with E-state index in [0.29, 0.717) is 23.9 Å². The fraction of sp³-hybridized carbons (Fsp3) is 0.250. The molecule has 3 aromatic rings. The van der Waals surface area contributed by atoms with Crippen LogP contribution in [0.5, 0.6) is 5.88 Å². The highest BCUT2D eigenvalue weighted by atomic mass is 32.1. The lowest BCUT2D eigenvalue weighted by Crippen LogP contribution is -2.30. The Morgan fingerprint density at radius 3 is 2.92 bits per heavy atom. The Kier molecular flexibility index (Phi) is 4.57. The first-order chi connectivity index (χ1) is 11.6. The molecule has 0 saturated carbocycles. The number of hydrogen-bond donors (Lipinski definition) is 2. The van der Waals surface area contributed by atoms with Crippen molar-refractivity contribution in [2.75, 3.05) is 12.0 Å². The summed E-state index contributed by atoms with van der Waals surface area (Å²) in [7, 11) is 0. The van der Waals surface area contributed by atoms with Gasteiger partial charge in [-0.3, -0.25) is 15.6 Å². The van der Waals surface area contributed by atoms with Crippen molar-refractivity contribution in [1.29, 1.82) is 0 Å². The van der Waals surface area contributed by atoms with E-state index in [4.69, 9.17) is 4.74 Å². The van der Waals surface area contributed by atoms with E-state index in [-0.39, 0.29) is 5.91 Å². The smallest absolute Gasteiger partial charge is 0.275 e. The van der Waals surface area contributed by atoms with Crippen molar-refractivity contribution >= 4 is 33.3 Å². The van der Waals surface area contributed by atoms with Crippen LogP contribution in [-0.2, 0) is 0 Å². The van der Waals surface area contributed by atoms with Crippen molar-refractivity contribution in [3.63, 3.8) is 0 Å². The molecule has 0 aromatic carbocycles. The molecule has 3 aromatic heterocycles. The van der Waals surface area contributed by atoms with E-state index >= 15 is 0 Å². The molecule has 3 rings (SSSR count). The molecule has 0 aliphatic rings. The van der Waals surface area contributed by atoms with E-state index in [1.165, 1.54) is 11.2 Å². The number of aryl methyl sites for hydroxylation is 2. The van der Waals surface area contributed by atoms with E-state index < -0.39 is 0 Å². The number of rotatable bonds is 5. The Labute approximate surface area is 143 Å². The molecule has 1 amide bonds. The molecule has 24 heavy (non-hydrogen) atoms. The molecule has 2 N–H and O–H groups in total. The fourth-order valence-corrected chi connectivity index (χ4v) is 3.27. The number of carbonyl (C=O) groups excluding carboxylic acids is 1. The van der Waals surface area contributed by atoms with E-state index in [9.17, 15) is 4.79 Å². The molecular formula is C16H17N5O2S. The number of amides is 1. The number of nitrogens with zero attached hydrogens (tertiary/aromatic N) is 3. The zero-order valence-electron chi connectivity index (χ0n) is 13.6. The molecule has 124 valence electrons. The minimum atomic E-state index is -0.345. The quantitative estimate of drug-likeness (QED) is 0.693. The number of ether oxygens (including phenoxy) is 1. The average molecular weight is 343 g/mol. The van der Waals surface area contributed by atoms with Crippen LogP contribution >= 0.6 is 11.3 Å². The molecule has 0 aliphatic heterocycles. The summed E-state index contributed by atoms with van der Waals surface area (Å²) < 4.78 is 5.38. The molecular weight excluding hydrogens is 326 g/mol. The number of nitrogens with one attached hydrogen (secondary N) is 2. The zero-order chi connectivity index (χ0) is 17.1. The topological polar surface area (TPSA) is 89.0 Å². The molecule has 0 bridgehead atoms. The minimum Gasteiger partial charge on any atom is -0.477 e. The minimum absolute atomic E-state index is 0.301. The van der Waals surface area contributed by atoms with Gasteiger partial charge in [0.05, 0.1) is 12.0 Å². The molecule has 7 nitrogen and oxygen atoms in total. The highest BCUT2D eigenvalue weighted by molar-refractivity contribution is 7.18. The summed E-state index contributed by atoms with van der Waals surface area (Å²) in [6, 6.07) is 3.34. The van der Waals surface area contributed by atoms with Crippen LogP contribution in [0.4, 0.5) is 5.82 Å².